The third-order valence-electron chi connectivity index (χ3n) is 2.99. The summed E-state index contributed by atoms with van der Waals surface area (Å²) in [5.41, 5.74) is 1.46. The van der Waals surface area contributed by atoms with Gasteiger partial charge < -0.3 is 0 Å². The zero-order chi connectivity index (χ0) is 11.5. The highest BCUT2D eigenvalue weighted by atomic mass is 14.0. The van der Waals surface area contributed by atoms with E-state index in [-0.39, 0.29) is 0 Å². The molecule has 1 aromatic rings. The fraction of sp³-hybridized carbons (Fsp3) is 0.562. The lowest BCUT2D eigenvalue weighted by atomic mass is 10.0. The van der Waals surface area contributed by atoms with Gasteiger partial charge in [-0.25, -0.2) is 0 Å². The molecule has 0 N–H and O–H groups in total. The van der Waals surface area contributed by atoms with Gasteiger partial charge in [0, 0.05) is 0 Å². The molecule has 0 spiro atoms. The monoisotopic (exact) mass is 217 g/mol. The molecule has 0 aromatic heterocycles. The summed E-state index contributed by atoms with van der Waals surface area (Å²) in [6, 6.07) is 10.8. The van der Waals surface area contributed by atoms with Crippen molar-refractivity contribution in [1.82, 2.24) is 0 Å². The van der Waals surface area contributed by atoms with E-state index in [1.165, 1.54) is 56.9 Å². The first-order chi connectivity index (χ1) is 7.93. The largest absolute Gasteiger partial charge is 0.0654 e. The molecule has 1 rings (SSSR count). The van der Waals surface area contributed by atoms with E-state index in [0.29, 0.717) is 0 Å². The molecule has 0 aliphatic carbocycles. The Balaban J connectivity index is 1.89. The van der Waals surface area contributed by atoms with Crippen molar-refractivity contribution in [2.24, 2.45) is 0 Å². The summed E-state index contributed by atoms with van der Waals surface area (Å²) in [7, 11) is 0. The van der Waals surface area contributed by atoms with E-state index >= 15 is 0 Å². The molecule has 0 aliphatic rings. The molecule has 0 bridgehead atoms. The first-order valence-corrected chi connectivity index (χ1v) is 6.79. The van der Waals surface area contributed by atoms with Crippen LogP contribution >= 0.6 is 0 Å². The molecule has 0 fully saturated rings. The molecule has 0 nitrogen and oxygen atoms in total. The summed E-state index contributed by atoms with van der Waals surface area (Å²) >= 11 is 0. The Hall–Kier alpha value is -0.780. The predicted octanol–water partition coefficient (Wildman–Crippen LogP) is 5.18. The third-order valence-corrected chi connectivity index (χ3v) is 2.99. The molecule has 0 aliphatic heterocycles. The van der Waals surface area contributed by atoms with Gasteiger partial charge in [0.05, 0.1) is 0 Å². The number of hydrogen-bond donors (Lipinski definition) is 0. The molecule has 0 heteroatoms. The first kappa shape index (κ1) is 13.3. The Morgan fingerprint density at radius 2 is 1.62 bits per heavy atom. The average molecular weight is 217 g/mol. The van der Waals surface area contributed by atoms with Crippen molar-refractivity contribution in [1.29, 1.82) is 0 Å². The summed E-state index contributed by atoms with van der Waals surface area (Å²) in [4.78, 5) is 0. The van der Waals surface area contributed by atoms with Gasteiger partial charge in [0.25, 0.3) is 0 Å². The van der Waals surface area contributed by atoms with Crippen LogP contribution in [0.3, 0.4) is 0 Å². The minimum Gasteiger partial charge on any atom is -0.0654 e. The zero-order valence-corrected chi connectivity index (χ0v) is 10.6. The summed E-state index contributed by atoms with van der Waals surface area (Å²) in [6.07, 6.45) is 13.2. The summed E-state index contributed by atoms with van der Waals surface area (Å²) in [5, 5.41) is 0. The molecule has 1 radical (unpaired) electrons. The second-order valence-corrected chi connectivity index (χ2v) is 4.52. The predicted molar refractivity (Wildman–Crippen MR) is 72.4 cm³/mol. The lowest BCUT2D eigenvalue weighted by molar-refractivity contribution is 0.622. The fourth-order valence-corrected chi connectivity index (χ4v) is 1.95. The molecule has 0 heterocycles. The summed E-state index contributed by atoms with van der Waals surface area (Å²) in [5.74, 6) is 0. The zero-order valence-electron chi connectivity index (χ0n) is 10.6. The molecule has 1 aromatic carbocycles. The molecule has 0 saturated heterocycles. The van der Waals surface area contributed by atoms with Crippen molar-refractivity contribution in [3.63, 3.8) is 0 Å². The number of benzene rings is 1. The van der Waals surface area contributed by atoms with Crippen LogP contribution < -0.4 is 0 Å². The Morgan fingerprint density at radius 1 is 0.875 bits per heavy atom. The molecule has 0 saturated carbocycles. The van der Waals surface area contributed by atoms with Crippen molar-refractivity contribution >= 4 is 0 Å². The van der Waals surface area contributed by atoms with E-state index in [1.807, 2.05) is 0 Å². The number of unbranched alkanes of at least 4 members (excludes halogenated alkanes) is 7. The number of aryl methyl sites for hydroxylation is 1. The maximum atomic E-state index is 2.46. The number of hydrogen-bond acceptors (Lipinski definition) is 0. The second-order valence-electron chi connectivity index (χ2n) is 4.52. The Morgan fingerprint density at radius 3 is 2.38 bits per heavy atom. The Bertz CT molecular complexity index is 237. The van der Waals surface area contributed by atoms with Gasteiger partial charge in [0.1, 0.15) is 0 Å². The van der Waals surface area contributed by atoms with Crippen LogP contribution in [0.25, 0.3) is 0 Å². The van der Waals surface area contributed by atoms with E-state index in [9.17, 15) is 0 Å². The standard InChI is InChI=1S/C16H25/c1-2-3-4-5-6-7-8-10-13-16-14-11-9-12-15-16/h8-9,11-12,14-15H,2-7,10,13H2,1H3. The van der Waals surface area contributed by atoms with Gasteiger partial charge in [-0.1, -0.05) is 75.8 Å². The van der Waals surface area contributed by atoms with Crippen LogP contribution in [0.5, 0.6) is 0 Å². The van der Waals surface area contributed by atoms with Crippen LogP contribution in [-0.4, -0.2) is 0 Å². The highest BCUT2D eigenvalue weighted by Gasteiger charge is 1.93. The third kappa shape index (κ3) is 6.66. The molecule has 89 valence electrons. The highest BCUT2D eigenvalue weighted by molar-refractivity contribution is 5.14. The molecule has 0 atom stereocenters. The van der Waals surface area contributed by atoms with Crippen LogP contribution in [-0.2, 0) is 6.42 Å². The number of rotatable bonds is 9. The van der Waals surface area contributed by atoms with Crippen LogP contribution in [0.1, 0.15) is 57.4 Å². The summed E-state index contributed by atoms with van der Waals surface area (Å²) in [6.45, 7) is 2.27. The Kier molecular flexibility index (Phi) is 7.84. The van der Waals surface area contributed by atoms with E-state index in [1.54, 1.807) is 0 Å². The normalized spacial score (nSPS) is 10.6. The van der Waals surface area contributed by atoms with Crippen LogP contribution in [0.4, 0.5) is 0 Å². The maximum Gasteiger partial charge on any atom is -0.0276 e. The molecule has 0 unspecified atom stereocenters. The average Bonchev–Trinajstić information content (AvgIpc) is 2.34. The van der Waals surface area contributed by atoms with Crippen molar-refractivity contribution in [2.75, 3.05) is 0 Å². The van der Waals surface area contributed by atoms with E-state index in [0.717, 1.165) is 0 Å². The fourth-order valence-electron chi connectivity index (χ4n) is 1.95. The minimum atomic E-state index is 1.20. The van der Waals surface area contributed by atoms with E-state index in [4.69, 9.17) is 0 Å². The van der Waals surface area contributed by atoms with Gasteiger partial charge in [-0.05, 0) is 24.8 Å². The van der Waals surface area contributed by atoms with E-state index in [2.05, 4.69) is 43.7 Å². The maximum absolute atomic E-state index is 2.46. The van der Waals surface area contributed by atoms with Gasteiger partial charge in [-0.15, -0.1) is 0 Å². The van der Waals surface area contributed by atoms with Gasteiger partial charge in [0.2, 0.25) is 0 Å². The van der Waals surface area contributed by atoms with Crippen molar-refractivity contribution in [3.05, 3.63) is 42.3 Å². The SMILES string of the molecule is CCCCCCC[CH]CCc1ccccc1. The quantitative estimate of drug-likeness (QED) is 0.500. The summed E-state index contributed by atoms with van der Waals surface area (Å²) < 4.78 is 0. The lowest BCUT2D eigenvalue weighted by Gasteiger charge is -2.02. The van der Waals surface area contributed by atoms with E-state index < -0.39 is 0 Å². The van der Waals surface area contributed by atoms with Crippen molar-refractivity contribution < 1.29 is 0 Å². The van der Waals surface area contributed by atoms with Crippen LogP contribution in [0.2, 0.25) is 0 Å². The van der Waals surface area contributed by atoms with Crippen LogP contribution in [0.15, 0.2) is 30.3 Å². The van der Waals surface area contributed by atoms with Crippen molar-refractivity contribution in [3.8, 4) is 0 Å². The van der Waals surface area contributed by atoms with Gasteiger partial charge in [-0.3, -0.25) is 0 Å². The molecule has 0 amide bonds. The topological polar surface area (TPSA) is 0 Å². The second kappa shape index (κ2) is 9.45. The van der Waals surface area contributed by atoms with Gasteiger partial charge in [-0.2, -0.15) is 0 Å². The Labute approximate surface area is 101 Å². The van der Waals surface area contributed by atoms with Gasteiger partial charge in [0.15, 0.2) is 0 Å². The molecular formula is C16H25. The molecular weight excluding hydrogens is 192 g/mol. The smallest absolute Gasteiger partial charge is 0.0276 e. The highest BCUT2D eigenvalue weighted by Crippen LogP contribution is 2.10. The minimum absolute atomic E-state index is 1.20. The molecule has 16 heavy (non-hydrogen) atoms. The van der Waals surface area contributed by atoms with Crippen LogP contribution in [0, 0.1) is 6.42 Å². The van der Waals surface area contributed by atoms with Gasteiger partial charge >= 0.3 is 0 Å². The van der Waals surface area contributed by atoms with Crippen molar-refractivity contribution in [2.45, 2.75) is 58.3 Å². The first-order valence-electron chi connectivity index (χ1n) is 6.79. The lowest BCUT2D eigenvalue weighted by Crippen LogP contribution is -1.86.